The predicted octanol–water partition coefficient (Wildman–Crippen LogP) is 2.73. The van der Waals surface area contributed by atoms with Crippen LogP contribution in [0, 0.1) is 18.3 Å². The van der Waals surface area contributed by atoms with Crippen LogP contribution in [0.25, 0.3) is 6.08 Å². The number of piperazine rings is 1. The van der Waals surface area contributed by atoms with Gasteiger partial charge in [0.15, 0.2) is 0 Å². The summed E-state index contributed by atoms with van der Waals surface area (Å²) in [5.74, 6) is 1.28. The summed E-state index contributed by atoms with van der Waals surface area (Å²) in [6, 6.07) is 9.56. The maximum Gasteiger partial charge on any atom is 0.270 e. The molecule has 0 radical (unpaired) electrons. The van der Waals surface area contributed by atoms with E-state index in [1.165, 1.54) is 16.3 Å². The Kier molecular flexibility index (Phi) is 7.31. The molecule has 0 aliphatic carbocycles. The highest BCUT2D eigenvalue weighted by atomic mass is 32.2. The number of thioether (sulfide) groups is 1. The second-order valence-electron chi connectivity index (χ2n) is 8.62. The lowest BCUT2D eigenvalue weighted by atomic mass is 10.0. The molecule has 1 amide bonds. The number of rotatable bonds is 5. The molecule has 182 valence electrons. The minimum Gasteiger partial charge on any atom is -0.497 e. The van der Waals surface area contributed by atoms with Crippen molar-refractivity contribution in [3.05, 3.63) is 61.8 Å². The van der Waals surface area contributed by atoms with Gasteiger partial charge in [-0.15, -0.1) is 0 Å². The van der Waals surface area contributed by atoms with Crippen LogP contribution in [0.15, 0.2) is 34.0 Å². The number of thiocarbonyl (C=S) groups is 1. The van der Waals surface area contributed by atoms with Gasteiger partial charge in [0.05, 0.1) is 18.6 Å². The average Bonchev–Trinajstić information content (AvgIpc) is 3.11. The molecule has 0 unspecified atom stereocenters. The van der Waals surface area contributed by atoms with Crippen molar-refractivity contribution in [2.75, 3.05) is 45.2 Å². The normalized spacial score (nSPS) is 17.9. The van der Waals surface area contributed by atoms with Gasteiger partial charge in [0.25, 0.3) is 11.5 Å². The molecule has 0 atom stereocenters. The highest BCUT2D eigenvalue weighted by Gasteiger charge is 2.33. The molecule has 2 aliphatic rings. The molecule has 2 aromatic rings. The van der Waals surface area contributed by atoms with Crippen LogP contribution >= 0.6 is 24.0 Å². The Bertz CT molecular complexity index is 1300. The molecule has 10 heteroatoms. The molecule has 3 heterocycles. The Morgan fingerprint density at radius 2 is 1.80 bits per heavy atom. The van der Waals surface area contributed by atoms with Gasteiger partial charge >= 0.3 is 0 Å². The lowest BCUT2D eigenvalue weighted by Gasteiger charge is -2.36. The van der Waals surface area contributed by atoms with Crippen LogP contribution in [0.3, 0.4) is 0 Å². The van der Waals surface area contributed by atoms with Crippen molar-refractivity contribution < 1.29 is 9.53 Å². The van der Waals surface area contributed by atoms with Gasteiger partial charge in [-0.3, -0.25) is 19.1 Å². The molecule has 0 N–H and O–H groups in total. The molecular weight excluding hydrogens is 482 g/mol. The number of carbonyl (C=O) groups excluding carboxylic acids is 1. The molecule has 2 saturated heterocycles. The third kappa shape index (κ3) is 4.85. The largest absolute Gasteiger partial charge is 0.497 e. The summed E-state index contributed by atoms with van der Waals surface area (Å²) in [6.45, 7) is 5.33. The zero-order chi connectivity index (χ0) is 25.3. The number of benzene rings is 1. The Balaban J connectivity index is 1.73. The first-order valence-electron chi connectivity index (χ1n) is 11.2. The van der Waals surface area contributed by atoms with E-state index in [0.29, 0.717) is 26.9 Å². The Morgan fingerprint density at radius 3 is 2.40 bits per heavy atom. The SMILES string of the molecule is COc1ccc(CN2C(=O)/C(=C/c3c(C)c(C#N)c(=O)n(C)c3N3CCN(C)CC3)SC2=S)cc1. The van der Waals surface area contributed by atoms with Crippen LogP contribution in [0.4, 0.5) is 5.82 Å². The number of hydrogen-bond donors (Lipinski definition) is 0. The van der Waals surface area contributed by atoms with E-state index < -0.39 is 0 Å². The van der Waals surface area contributed by atoms with Crippen LogP contribution in [0.2, 0.25) is 0 Å². The number of nitrogens with zero attached hydrogens (tertiary/aromatic N) is 5. The first-order chi connectivity index (χ1) is 16.7. The van der Waals surface area contributed by atoms with Gasteiger partial charge in [-0.05, 0) is 43.3 Å². The van der Waals surface area contributed by atoms with E-state index >= 15 is 0 Å². The number of hydrogen-bond acceptors (Lipinski definition) is 8. The van der Waals surface area contributed by atoms with Crippen LogP contribution < -0.4 is 15.2 Å². The monoisotopic (exact) mass is 509 g/mol. The average molecular weight is 510 g/mol. The van der Waals surface area contributed by atoms with Crippen molar-refractivity contribution in [3.63, 3.8) is 0 Å². The standard InChI is InChI=1S/C25H27N5O3S2/c1-16-19(22(28(3)23(31)20(16)14-26)29-11-9-27(2)10-12-29)13-21-24(32)30(25(34)35-21)15-17-5-7-18(33-4)8-6-17/h5-8,13H,9-12,15H2,1-4H3/b21-13-. The second-order valence-corrected chi connectivity index (χ2v) is 10.3. The van der Waals surface area contributed by atoms with E-state index in [4.69, 9.17) is 17.0 Å². The van der Waals surface area contributed by atoms with Gasteiger partial charge in [-0.25, -0.2) is 0 Å². The summed E-state index contributed by atoms with van der Waals surface area (Å²) in [5.41, 5.74) is 1.98. The molecule has 35 heavy (non-hydrogen) atoms. The Morgan fingerprint density at radius 1 is 1.14 bits per heavy atom. The van der Waals surface area contributed by atoms with Gasteiger partial charge in [0.2, 0.25) is 0 Å². The fourth-order valence-electron chi connectivity index (χ4n) is 4.29. The van der Waals surface area contributed by atoms with E-state index in [9.17, 15) is 14.9 Å². The van der Waals surface area contributed by atoms with Crippen LogP contribution in [-0.4, -0.2) is 64.9 Å². The number of nitriles is 1. The van der Waals surface area contributed by atoms with Crippen molar-refractivity contribution in [1.82, 2.24) is 14.4 Å². The van der Waals surface area contributed by atoms with Crippen molar-refractivity contribution in [1.29, 1.82) is 5.26 Å². The lowest BCUT2D eigenvalue weighted by molar-refractivity contribution is -0.122. The quantitative estimate of drug-likeness (QED) is 0.450. The molecule has 2 aliphatic heterocycles. The number of carbonyl (C=O) groups is 1. The van der Waals surface area contributed by atoms with E-state index in [1.807, 2.05) is 24.3 Å². The third-order valence-corrected chi connectivity index (χ3v) is 7.80. The Hall–Kier alpha value is -3.13. The molecule has 8 nitrogen and oxygen atoms in total. The molecule has 4 rings (SSSR count). The highest BCUT2D eigenvalue weighted by molar-refractivity contribution is 8.26. The fraction of sp³-hybridized carbons (Fsp3) is 0.360. The van der Waals surface area contributed by atoms with Crippen molar-refractivity contribution in [3.8, 4) is 11.8 Å². The molecule has 1 aromatic carbocycles. The predicted molar refractivity (Wildman–Crippen MR) is 143 cm³/mol. The zero-order valence-electron chi connectivity index (χ0n) is 20.2. The molecule has 0 spiro atoms. The summed E-state index contributed by atoms with van der Waals surface area (Å²) in [4.78, 5) is 32.7. The number of ether oxygens (including phenoxy) is 1. The molecule has 0 bridgehead atoms. The summed E-state index contributed by atoms with van der Waals surface area (Å²) >= 11 is 6.78. The van der Waals surface area contributed by atoms with Crippen LogP contribution in [0.1, 0.15) is 22.3 Å². The minimum atomic E-state index is -0.330. The maximum absolute atomic E-state index is 13.4. The fourth-order valence-corrected chi connectivity index (χ4v) is 5.53. The van der Waals surface area contributed by atoms with Crippen molar-refractivity contribution in [2.24, 2.45) is 7.05 Å². The van der Waals surface area contributed by atoms with Crippen LogP contribution in [0.5, 0.6) is 5.75 Å². The first kappa shape index (κ1) is 25.0. The van der Waals surface area contributed by atoms with Crippen molar-refractivity contribution >= 4 is 46.1 Å². The Labute approximate surface area is 214 Å². The molecule has 1 aromatic heterocycles. The summed E-state index contributed by atoms with van der Waals surface area (Å²) in [5, 5.41) is 9.67. The van der Waals surface area contributed by atoms with Gasteiger partial charge < -0.3 is 14.5 Å². The van der Waals surface area contributed by atoms with E-state index in [-0.39, 0.29) is 17.0 Å². The van der Waals surface area contributed by atoms with E-state index in [2.05, 4.69) is 22.9 Å². The zero-order valence-corrected chi connectivity index (χ0v) is 21.8. The summed E-state index contributed by atoms with van der Waals surface area (Å²) in [6.07, 6.45) is 1.79. The minimum absolute atomic E-state index is 0.0883. The first-order valence-corrected chi connectivity index (χ1v) is 12.4. The maximum atomic E-state index is 13.4. The number of aromatic nitrogens is 1. The van der Waals surface area contributed by atoms with Gasteiger partial charge in [0, 0.05) is 38.8 Å². The van der Waals surface area contributed by atoms with Crippen LogP contribution in [-0.2, 0) is 18.4 Å². The summed E-state index contributed by atoms with van der Waals surface area (Å²) in [7, 11) is 5.36. The number of amides is 1. The molecule has 0 saturated carbocycles. The van der Waals surface area contributed by atoms with E-state index in [0.717, 1.165) is 43.3 Å². The lowest BCUT2D eigenvalue weighted by Crippen LogP contribution is -2.46. The van der Waals surface area contributed by atoms with E-state index in [1.54, 1.807) is 32.1 Å². The smallest absolute Gasteiger partial charge is 0.270 e. The van der Waals surface area contributed by atoms with Gasteiger partial charge in [0.1, 0.15) is 27.5 Å². The number of methoxy groups -OCH3 is 1. The molecule has 2 fully saturated rings. The molecular formula is C25H27N5O3S2. The number of likely N-dealkylation sites (N-methyl/N-ethyl adjacent to an activating group) is 1. The number of pyridine rings is 1. The third-order valence-electron chi connectivity index (χ3n) is 6.42. The van der Waals surface area contributed by atoms with Gasteiger partial charge in [-0.2, -0.15) is 5.26 Å². The van der Waals surface area contributed by atoms with Gasteiger partial charge in [-0.1, -0.05) is 36.1 Å². The summed E-state index contributed by atoms with van der Waals surface area (Å²) < 4.78 is 7.21. The highest BCUT2D eigenvalue weighted by Crippen LogP contribution is 2.36. The second kappa shape index (κ2) is 10.2. The van der Waals surface area contributed by atoms with Crippen molar-refractivity contribution in [2.45, 2.75) is 13.5 Å². The topological polar surface area (TPSA) is 81.8 Å². The number of anilines is 1.